The van der Waals surface area contributed by atoms with E-state index in [2.05, 4.69) is 32.0 Å². The number of rotatable bonds is 7. The minimum atomic E-state index is -0.439. The van der Waals surface area contributed by atoms with Crippen LogP contribution >= 0.6 is 0 Å². The summed E-state index contributed by atoms with van der Waals surface area (Å²) in [7, 11) is 0. The number of oxime groups is 1. The van der Waals surface area contributed by atoms with E-state index >= 15 is 0 Å². The maximum Gasteiger partial charge on any atom is 0.338 e. The first kappa shape index (κ1) is 22.9. The molecule has 3 atom stereocenters. The molecule has 10 nitrogen and oxygen atoms in total. The molecule has 36 heavy (non-hydrogen) atoms. The van der Waals surface area contributed by atoms with Crippen molar-refractivity contribution in [2.75, 3.05) is 11.9 Å². The van der Waals surface area contributed by atoms with E-state index in [0.29, 0.717) is 22.3 Å². The molecule has 1 amide bonds. The molecule has 180 valence electrons. The van der Waals surface area contributed by atoms with Gasteiger partial charge in [-0.25, -0.2) is 19.7 Å². The molecule has 0 radical (unpaired) electrons. The smallest absolute Gasteiger partial charge is 0.338 e. The summed E-state index contributed by atoms with van der Waals surface area (Å²) in [6, 6.07) is 17.2. The summed E-state index contributed by atoms with van der Waals surface area (Å²) in [6.07, 6.45) is 4.32. The Labute approximate surface area is 206 Å². The lowest BCUT2D eigenvalue weighted by Crippen LogP contribution is -2.44. The number of carbonyl (C=O) groups is 2. The number of ether oxygens (including phenoxy) is 1. The molecule has 0 saturated heterocycles. The van der Waals surface area contributed by atoms with Crippen LogP contribution in [0.5, 0.6) is 0 Å². The fourth-order valence-electron chi connectivity index (χ4n) is 4.40. The van der Waals surface area contributed by atoms with Crippen LogP contribution in [0.1, 0.15) is 26.8 Å². The highest BCUT2D eigenvalue weighted by Crippen LogP contribution is 2.48. The summed E-state index contributed by atoms with van der Waals surface area (Å²) in [4.78, 5) is 38.0. The molecule has 2 aromatic carbocycles. The van der Waals surface area contributed by atoms with Crippen LogP contribution in [-0.4, -0.2) is 49.4 Å². The van der Waals surface area contributed by atoms with Gasteiger partial charge in [0.25, 0.3) is 5.91 Å². The van der Waals surface area contributed by atoms with Crippen LogP contribution in [0.3, 0.4) is 0 Å². The third-order valence-electron chi connectivity index (χ3n) is 6.25. The summed E-state index contributed by atoms with van der Waals surface area (Å²) >= 11 is 0. The summed E-state index contributed by atoms with van der Waals surface area (Å²) in [6.45, 7) is 4.27. The Bertz CT molecular complexity index is 1450. The number of hydrogen-bond acceptors (Lipinski definition) is 8. The second kappa shape index (κ2) is 9.79. The molecule has 0 aliphatic heterocycles. The van der Waals surface area contributed by atoms with E-state index in [1.54, 1.807) is 59.4 Å². The molecule has 0 spiro atoms. The van der Waals surface area contributed by atoms with E-state index in [1.807, 2.05) is 12.1 Å². The fourth-order valence-corrected chi connectivity index (χ4v) is 4.40. The highest BCUT2D eigenvalue weighted by atomic mass is 16.5. The predicted molar refractivity (Wildman–Crippen MR) is 132 cm³/mol. The third kappa shape index (κ3) is 4.20. The van der Waals surface area contributed by atoms with Crippen molar-refractivity contribution >= 4 is 35.1 Å². The van der Waals surface area contributed by atoms with Crippen molar-refractivity contribution in [1.82, 2.24) is 19.5 Å². The van der Waals surface area contributed by atoms with E-state index in [1.165, 1.54) is 12.5 Å². The van der Waals surface area contributed by atoms with Gasteiger partial charge in [-0.3, -0.25) is 4.79 Å². The van der Waals surface area contributed by atoms with Gasteiger partial charge in [-0.15, -0.1) is 5.16 Å². The van der Waals surface area contributed by atoms with E-state index < -0.39 is 5.97 Å². The van der Waals surface area contributed by atoms with Gasteiger partial charge in [0.2, 0.25) is 0 Å². The lowest BCUT2D eigenvalue weighted by molar-refractivity contribution is 0.0364. The second-order valence-corrected chi connectivity index (χ2v) is 8.30. The quantitative estimate of drug-likeness (QED) is 0.135. The van der Waals surface area contributed by atoms with Crippen molar-refractivity contribution in [3.05, 3.63) is 96.6 Å². The van der Waals surface area contributed by atoms with E-state index in [0.717, 1.165) is 5.57 Å². The van der Waals surface area contributed by atoms with Gasteiger partial charge in [-0.05, 0) is 29.8 Å². The van der Waals surface area contributed by atoms with Crippen LogP contribution in [0, 0.1) is 11.8 Å². The molecule has 0 bridgehead atoms. The van der Waals surface area contributed by atoms with Crippen LogP contribution in [0.2, 0.25) is 0 Å². The Morgan fingerprint density at radius 2 is 1.75 bits per heavy atom. The van der Waals surface area contributed by atoms with Gasteiger partial charge < -0.3 is 19.8 Å². The van der Waals surface area contributed by atoms with Crippen molar-refractivity contribution < 1.29 is 19.5 Å². The van der Waals surface area contributed by atoms with Crippen LogP contribution < -0.4 is 5.32 Å². The second-order valence-electron chi connectivity index (χ2n) is 8.30. The maximum absolute atomic E-state index is 12.6. The van der Waals surface area contributed by atoms with Crippen LogP contribution in [0.4, 0.5) is 5.82 Å². The topological polar surface area (TPSA) is 132 Å². The first-order chi connectivity index (χ1) is 17.6. The standard InChI is InChI=1S/C26H22N6O4/c1-16-20(13-36-26(34)18-10-6-3-7-11-18)19(12-30-35)22(16)32-15-29-21-23(27-14-28-24(21)32)31-25(33)17-8-4-2-5-9-17/h2-12,14-15,19-20,22,35H,1,13H2,(H,27,28,31,33)/b30-12+/t19-,20+,22-/m1/s1. The summed E-state index contributed by atoms with van der Waals surface area (Å²) < 4.78 is 7.29. The predicted octanol–water partition coefficient (Wildman–Crippen LogP) is 3.74. The Hall–Kier alpha value is -4.86. The fraction of sp³-hybridized carbons (Fsp3) is 0.154. The van der Waals surface area contributed by atoms with Gasteiger partial charge in [-0.2, -0.15) is 0 Å². The average Bonchev–Trinajstić information content (AvgIpc) is 3.34. The lowest BCUT2D eigenvalue weighted by Gasteiger charge is -2.45. The van der Waals surface area contributed by atoms with Crippen molar-refractivity contribution in [3.8, 4) is 0 Å². The minimum absolute atomic E-state index is 0.0831. The Kier molecular flexibility index (Phi) is 6.23. The van der Waals surface area contributed by atoms with Crippen molar-refractivity contribution in [3.63, 3.8) is 0 Å². The van der Waals surface area contributed by atoms with Crippen LogP contribution in [0.15, 0.2) is 90.6 Å². The zero-order valence-corrected chi connectivity index (χ0v) is 19.1. The molecule has 0 unspecified atom stereocenters. The number of fused-ring (bicyclic) bond motifs is 1. The number of amides is 1. The highest BCUT2D eigenvalue weighted by molar-refractivity contribution is 6.06. The third-order valence-corrected chi connectivity index (χ3v) is 6.25. The molecule has 1 aliphatic carbocycles. The van der Waals surface area contributed by atoms with E-state index in [9.17, 15) is 14.8 Å². The summed E-state index contributed by atoms with van der Waals surface area (Å²) in [5, 5.41) is 15.3. The zero-order valence-electron chi connectivity index (χ0n) is 19.1. The first-order valence-corrected chi connectivity index (χ1v) is 11.2. The van der Waals surface area contributed by atoms with Gasteiger partial charge in [0.05, 0.1) is 24.5 Å². The van der Waals surface area contributed by atoms with Gasteiger partial charge in [-0.1, -0.05) is 43.0 Å². The van der Waals surface area contributed by atoms with Crippen molar-refractivity contribution in [2.24, 2.45) is 17.0 Å². The van der Waals surface area contributed by atoms with Gasteiger partial charge >= 0.3 is 5.97 Å². The SMILES string of the molecule is C=C1[C@@H](n2cnc3c(NC(=O)c4ccccc4)ncnc32)[C@H](/C=N/O)[C@H]1COC(=O)c1ccccc1. The minimum Gasteiger partial charge on any atom is -0.461 e. The maximum atomic E-state index is 12.6. The first-order valence-electron chi connectivity index (χ1n) is 11.2. The Balaban J connectivity index is 1.36. The van der Waals surface area contributed by atoms with Crippen molar-refractivity contribution in [2.45, 2.75) is 6.04 Å². The number of carbonyl (C=O) groups excluding carboxylic acids is 2. The van der Waals surface area contributed by atoms with Crippen molar-refractivity contribution in [1.29, 1.82) is 0 Å². The number of hydrogen-bond donors (Lipinski definition) is 2. The average molecular weight is 483 g/mol. The lowest BCUT2D eigenvalue weighted by atomic mass is 9.66. The van der Waals surface area contributed by atoms with E-state index in [4.69, 9.17) is 4.74 Å². The number of nitrogens with one attached hydrogen (secondary N) is 1. The molecule has 4 aromatic rings. The number of benzene rings is 2. The molecule has 2 N–H and O–H groups in total. The molecule has 2 aromatic heterocycles. The number of esters is 1. The number of aromatic nitrogens is 4. The molecular weight excluding hydrogens is 460 g/mol. The number of nitrogens with zero attached hydrogens (tertiary/aromatic N) is 5. The van der Waals surface area contributed by atoms with E-state index in [-0.39, 0.29) is 36.2 Å². The zero-order chi connectivity index (χ0) is 25.1. The van der Waals surface area contributed by atoms with Crippen LogP contribution in [0.25, 0.3) is 11.2 Å². The van der Waals surface area contributed by atoms with Gasteiger partial charge in [0.15, 0.2) is 17.0 Å². The normalized spacial score (nSPS) is 19.2. The molecular formula is C26H22N6O4. The molecule has 5 rings (SSSR count). The molecule has 1 aliphatic rings. The number of imidazole rings is 1. The molecule has 2 heterocycles. The molecule has 1 fully saturated rings. The molecule has 10 heteroatoms. The van der Waals surface area contributed by atoms with Gasteiger partial charge in [0.1, 0.15) is 6.33 Å². The Morgan fingerprint density at radius 1 is 1.06 bits per heavy atom. The van der Waals surface area contributed by atoms with Crippen LogP contribution in [-0.2, 0) is 4.74 Å². The molecule has 1 saturated carbocycles. The summed E-state index contributed by atoms with van der Waals surface area (Å²) in [5.74, 6) is -1.05. The summed E-state index contributed by atoms with van der Waals surface area (Å²) in [5.41, 5.74) is 2.61. The largest absolute Gasteiger partial charge is 0.461 e. The van der Waals surface area contributed by atoms with Gasteiger partial charge in [0, 0.05) is 23.6 Å². The monoisotopic (exact) mass is 482 g/mol. The highest BCUT2D eigenvalue weighted by Gasteiger charge is 2.46. The Morgan fingerprint density at radius 3 is 2.44 bits per heavy atom. The number of anilines is 1.